The number of hydrogen-bond donors (Lipinski definition) is 5. The molecule has 2 saturated carbocycles. The van der Waals surface area contributed by atoms with Crippen molar-refractivity contribution in [2.45, 2.75) is 116 Å². The number of carboxylic acid groups (broad SMARTS) is 1. The Kier molecular flexibility index (Phi) is 18.9. The molecule has 5 atom stereocenters. The number of carboxylic acids is 1. The first-order chi connectivity index (χ1) is 29.9. The summed E-state index contributed by atoms with van der Waals surface area (Å²) in [7, 11) is 0. The molecule has 0 radical (unpaired) electrons. The van der Waals surface area contributed by atoms with Crippen LogP contribution < -0.4 is 31.5 Å². The van der Waals surface area contributed by atoms with E-state index >= 15 is 0 Å². The fourth-order valence-corrected chi connectivity index (χ4v) is 9.46. The summed E-state index contributed by atoms with van der Waals surface area (Å²) in [5, 5.41) is 18.2. The molecule has 6 N–H and O–H groups in total. The minimum atomic E-state index is -0.808. The van der Waals surface area contributed by atoms with Gasteiger partial charge >= 0.3 is 5.97 Å². The molecule has 2 aromatic carbocycles. The molecule has 0 bridgehead atoms. The quantitative estimate of drug-likeness (QED) is 0.152. The molecule has 2 aliphatic heterocycles. The molecule has 4 amide bonds. The molecule has 2 aromatic rings. The van der Waals surface area contributed by atoms with Crippen LogP contribution in [0.5, 0.6) is 0 Å². The number of rotatable bonds is 16. The summed E-state index contributed by atoms with van der Waals surface area (Å²) < 4.78 is 0. The lowest BCUT2D eigenvalue weighted by molar-refractivity contribution is -0.143. The van der Waals surface area contributed by atoms with Gasteiger partial charge in [-0.3, -0.25) is 33.8 Å². The Hall–Kier alpha value is -4.69. The van der Waals surface area contributed by atoms with Crippen molar-refractivity contribution in [1.82, 2.24) is 25.8 Å². The van der Waals surface area contributed by atoms with E-state index in [1.165, 1.54) is 12.8 Å². The van der Waals surface area contributed by atoms with E-state index in [9.17, 15) is 29.1 Å². The third-order valence-corrected chi connectivity index (χ3v) is 13.0. The standard InChI is InChI=1S/C27H43N5O3.C21H31N3O3/c1-4-13-31-14-16-32(17-15-31)21-11-9-20(10-12-21)26(34)29-23-8-6-5-7-22(23)27(35)30-24(25(28)33)18-19(2)3;1-2-11-23-12-14-24(15-13-23)17-9-7-16(8-10-17)20(25)22-19-6-4-3-5-18(19)21(26)27/h9-12,19,22-24H,4-8,13-18H2,1-3H3,(H2,28,33)(H,29,34)(H,30,35);7-10,18-19H,2-6,11-15H2,1H3,(H,22,25)(H,26,27)/t22-,23+,24+;18-,19+/m11/s1. The molecule has 14 heteroatoms. The van der Waals surface area contributed by atoms with Gasteiger partial charge in [-0.1, -0.05) is 53.4 Å². The van der Waals surface area contributed by atoms with Gasteiger partial charge in [-0.25, -0.2) is 0 Å². The van der Waals surface area contributed by atoms with Crippen molar-refractivity contribution in [3.8, 4) is 0 Å². The third-order valence-electron chi connectivity index (χ3n) is 13.0. The van der Waals surface area contributed by atoms with Gasteiger partial charge in [0.25, 0.3) is 11.8 Å². The predicted molar refractivity (Wildman–Crippen MR) is 245 cm³/mol. The van der Waals surface area contributed by atoms with E-state index in [4.69, 9.17) is 5.73 Å². The maximum Gasteiger partial charge on any atom is 0.308 e. The predicted octanol–water partition coefficient (Wildman–Crippen LogP) is 5.12. The third kappa shape index (κ3) is 14.2. The second-order valence-electron chi connectivity index (χ2n) is 18.1. The van der Waals surface area contributed by atoms with Crippen molar-refractivity contribution in [3.63, 3.8) is 0 Å². The summed E-state index contributed by atoms with van der Waals surface area (Å²) in [6.07, 6.45) is 9.46. The highest BCUT2D eigenvalue weighted by Crippen LogP contribution is 2.27. The van der Waals surface area contributed by atoms with E-state index in [0.29, 0.717) is 30.4 Å². The van der Waals surface area contributed by atoms with Gasteiger partial charge in [-0.05, 0) is 112 Å². The van der Waals surface area contributed by atoms with Gasteiger partial charge in [0.1, 0.15) is 6.04 Å². The Morgan fingerprint density at radius 3 is 1.42 bits per heavy atom. The van der Waals surface area contributed by atoms with Crippen molar-refractivity contribution in [1.29, 1.82) is 0 Å². The van der Waals surface area contributed by atoms with Gasteiger partial charge in [-0.15, -0.1) is 0 Å². The summed E-state index contributed by atoms with van der Waals surface area (Å²) in [4.78, 5) is 71.5. The number of nitrogens with zero attached hydrogens (tertiary/aromatic N) is 4. The van der Waals surface area contributed by atoms with Crippen LogP contribution in [0, 0.1) is 17.8 Å². The summed E-state index contributed by atoms with van der Waals surface area (Å²) in [6.45, 7) is 19.0. The first kappa shape index (κ1) is 48.3. The van der Waals surface area contributed by atoms with E-state index in [1.54, 1.807) is 0 Å². The molecule has 0 unspecified atom stereocenters. The fraction of sp³-hybridized carbons (Fsp3) is 0.646. The molecule has 342 valence electrons. The summed E-state index contributed by atoms with van der Waals surface area (Å²) in [5.74, 6) is -2.46. The number of carbonyl (C=O) groups is 5. The van der Waals surface area contributed by atoms with Gasteiger partial charge < -0.3 is 36.6 Å². The highest BCUT2D eigenvalue weighted by atomic mass is 16.4. The Balaban J connectivity index is 0.000000242. The Labute approximate surface area is 369 Å². The molecule has 2 saturated heterocycles. The van der Waals surface area contributed by atoms with E-state index in [1.807, 2.05) is 62.4 Å². The number of primary amides is 1. The fourth-order valence-electron chi connectivity index (χ4n) is 9.46. The lowest BCUT2D eigenvalue weighted by Crippen LogP contribution is -2.53. The monoisotopic (exact) mass is 859 g/mol. The number of nitrogens with two attached hydrogens (primary N) is 1. The van der Waals surface area contributed by atoms with Gasteiger partial charge in [0.2, 0.25) is 11.8 Å². The van der Waals surface area contributed by atoms with Crippen LogP contribution in [-0.4, -0.2) is 128 Å². The number of nitrogens with one attached hydrogen (secondary N) is 3. The number of carbonyl (C=O) groups excluding carboxylic acids is 4. The molecule has 0 aromatic heterocycles. The number of piperazine rings is 2. The smallest absolute Gasteiger partial charge is 0.308 e. The van der Waals surface area contributed by atoms with E-state index in [0.717, 1.165) is 115 Å². The number of amides is 4. The second-order valence-corrected chi connectivity index (χ2v) is 18.1. The van der Waals surface area contributed by atoms with Crippen molar-refractivity contribution in [3.05, 3.63) is 59.7 Å². The van der Waals surface area contributed by atoms with Gasteiger partial charge in [-0.2, -0.15) is 0 Å². The molecule has 0 spiro atoms. The van der Waals surface area contributed by atoms with Crippen molar-refractivity contribution in [2.24, 2.45) is 23.5 Å². The molecular weight excluding hydrogens is 785 g/mol. The van der Waals surface area contributed by atoms with Crippen LogP contribution >= 0.6 is 0 Å². The van der Waals surface area contributed by atoms with Crippen LogP contribution in [0.25, 0.3) is 0 Å². The lowest BCUT2D eigenvalue weighted by Gasteiger charge is -2.36. The van der Waals surface area contributed by atoms with Crippen molar-refractivity contribution >= 4 is 41.0 Å². The molecular formula is C48H74N8O6. The average molecular weight is 859 g/mol. The van der Waals surface area contributed by atoms with Crippen LogP contribution in [0.3, 0.4) is 0 Å². The van der Waals surface area contributed by atoms with Crippen molar-refractivity contribution < 1.29 is 29.1 Å². The van der Waals surface area contributed by atoms with Crippen LogP contribution in [0.15, 0.2) is 48.5 Å². The molecule has 2 heterocycles. The number of anilines is 2. The number of hydrogen-bond acceptors (Lipinski definition) is 9. The Bertz CT molecular complexity index is 1740. The largest absolute Gasteiger partial charge is 0.481 e. The van der Waals surface area contributed by atoms with Crippen LogP contribution in [0.1, 0.15) is 119 Å². The van der Waals surface area contributed by atoms with Crippen LogP contribution in [-0.2, 0) is 14.4 Å². The number of aliphatic carboxylic acids is 1. The highest BCUT2D eigenvalue weighted by Gasteiger charge is 2.35. The van der Waals surface area contributed by atoms with Crippen LogP contribution in [0.2, 0.25) is 0 Å². The highest BCUT2D eigenvalue weighted by molar-refractivity contribution is 5.96. The molecule has 6 rings (SSSR count). The van der Waals surface area contributed by atoms with Crippen LogP contribution in [0.4, 0.5) is 11.4 Å². The van der Waals surface area contributed by atoms with Gasteiger partial charge in [0, 0.05) is 86.9 Å². The summed E-state index contributed by atoms with van der Waals surface area (Å²) in [5.41, 5.74) is 8.98. The lowest BCUT2D eigenvalue weighted by atomic mass is 9.83. The Morgan fingerprint density at radius 1 is 0.629 bits per heavy atom. The van der Waals surface area contributed by atoms with Gasteiger partial charge in [0.15, 0.2) is 0 Å². The number of benzene rings is 2. The zero-order valence-electron chi connectivity index (χ0n) is 37.8. The summed E-state index contributed by atoms with van der Waals surface area (Å²) >= 11 is 0. The zero-order chi connectivity index (χ0) is 44.6. The topological polar surface area (TPSA) is 181 Å². The maximum atomic E-state index is 13.0. The second kappa shape index (κ2) is 24.2. The van der Waals surface area contributed by atoms with Crippen molar-refractivity contribution in [2.75, 3.05) is 75.2 Å². The van der Waals surface area contributed by atoms with E-state index in [2.05, 4.69) is 49.4 Å². The molecule has 62 heavy (non-hydrogen) atoms. The molecule has 2 aliphatic carbocycles. The molecule has 14 nitrogen and oxygen atoms in total. The minimum absolute atomic E-state index is 0.164. The zero-order valence-corrected chi connectivity index (χ0v) is 37.8. The normalized spacial score (nSPS) is 22.8. The molecule has 4 fully saturated rings. The first-order valence-corrected chi connectivity index (χ1v) is 23.5. The average Bonchev–Trinajstić information content (AvgIpc) is 3.27. The minimum Gasteiger partial charge on any atom is -0.481 e. The maximum absolute atomic E-state index is 13.0. The summed E-state index contributed by atoms with van der Waals surface area (Å²) in [6, 6.07) is 14.3. The SMILES string of the molecule is CCCN1CCN(c2ccc(C(=O)N[C@H]3CCCC[C@H]3C(=O)N[C@@H](CC(C)C)C(N)=O)cc2)CC1.CCCN1CCN(c2ccc(C(=O)N[C@H]3CCCC[C@H]3C(=O)O)cc2)CC1. The first-order valence-electron chi connectivity index (χ1n) is 23.5. The Morgan fingerprint density at radius 2 is 1.03 bits per heavy atom. The van der Waals surface area contributed by atoms with Gasteiger partial charge in [0.05, 0.1) is 11.8 Å². The van der Waals surface area contributed by atoms with E-state index < -0.39 is 23.8 Å². The molecule has 4 aliphatic rings. The van der Waals surface area contributed by atoms with E-state index in [-0.39, 0.29) is 41.6 Å².